The van der Waals surface area contributed by atoms with Gasteiger partial charge in [-0.15, -0.1) is 0 Å². The van der Waals surface area contributed by atoms with E-state index in [4.69, 9.17) is 4.74 Å². The second-order valence-corrected chi connectivity index (χ2v) is 4.11. The summed E-state index contributed by atoms with van der Waals surface area (Å²) in [6.45, 7) is 10.5. The predicted molar refractivity (Wildman–Crippen MR) is 54.0 cm³/mol. The lowest BCUT2D eigenvalue weighted by Crippen LogP contribution is -2.40. The molecule has 4 heteroatoms. The second kappa shape index (κ2) is 4.79. The first-order chi connectivity index (χ1) is 6.26. The van der Waals surface area contributed by atoms with Crippen molar-refractivity contribution in [3.05, 3.63) is 12.2 Å². The maximum atomic E-state index is 11.2. The molecule has 1 amide bonds. The summed E-state index contributed by atoms with van der Waals surface area (Å²) in [5.41, 5.74) is 0.0120. The highest BCUT2D eigenvalue weighted by Gasteiger charge is 2.19. The number of carbonyl (C=O) groups excluding carboxylic acids is 2. The number of aldehydes is 1. The summed E-state index contributed by atoms with van der Waals surface area (Å²) < 4.78 is 4.97. The number of rotatable bonds is 3. The Bertz CT molecular complexity index is 240. The molecule has 0 fully saturated rings. The average molecular weight is 199 g/mol. The van der Waals surface area contributed by atoms with Crippen LogP contribution in [0.1, 0.15) is 27.7 Å². The van der Waals surface area contributed by atoms with Gasteiger partial charge in [0, 0.05) is 0 Å². The Morgan fingerprint density at radius 2 is 2.00 bits per heavy atom. The lowest BCUT2D eigenvalue weighted by molar-refractivity contribution is -0.108. The molecule has 1 atom stereocenters. The highest BCUT2D eigenvalue weighted by atomic mass is 16.6. The van der Waals surface area contributed by atoms with E-state index in [1.807, 2.05) is 0 Å². The number of carbonyl (C=O) groups is 2. The van der Waals surface area contributed by atoms with E-state index < -0.39 is 17.7 Å². The SMILES string of the molecule is C=C(C)C(C=O)NC(=O)OC(C)(C)C. The van der Waals surface area contributed by atoms with Crippen LogP contribution in [0.5, 0.6) is 0 Å². The molecular formula is C10H17NO3. The van der Waals surface area contributed by atoms with Crippen LogP contribution in [0.15, 0.2) is 12.2 Å². The van der Waals surface area contributed by atoms with Gasteiger partial charge in [0.05, 0.1) is 0 Å². The molecule has 0 spiro atoms. The van der Waals surface area contributed by atoms with Crippen LogP contribution in [0.3, 0.4) is 0 Å². The fourth-order valence-electron chi connectivity index (χ4n) is 0.708. The number of amides is 1. The maximum absolute atomic E-state index is 11.2. The lowest BCUT2D eigenvalue weighted by Gasteiger charge is -2.21. The zero-order chi connectivity index (χ0) is 11.4. The van der Waals surface area contributed by atoms with Crippen molar-refractivity contribution in [3.8, 4) is 0 Å². The predicted octanol–water partition coefficient (Wildman–Crippen LogP) is 1.65. The molecule has 0 saturated heterocycles. The molecule has 0 aromatic rings. The standard InChI is InChI=1S/C10H17NO3/c1-7(2)8(6-12)11-9(13)14-10(3,4)5/h6,8H,1H2,2-5H3,(H,11,13). The van der Waals surface area contributed by atoms with Crippen molar-refractivity contribution in [1.29, 1.82) is 0 Å². The van der Waals surface area contributed by atoms with E-state index >= 15 is 0 Å². The average Bonchev–Trinajstić information content (AvgIpc) is 1.96. The molecule has 1 unspecified atom stereocenters. The molecule has 0 heterocycles. The summed E-state index contributed by atoms with van der Waals surface area (Å²) in [6, 6.07) is -0.676. The van der Waals surface area contributed by atoms with Crippen LogP contribution in [-0.4, -0.2) is 24.0 Å². The van der Waals surface area contributed by atoms with E-state index in [1.165, 1.54) is 0 Å². The molecule has 0 rings (SSSR count). The molecule has 80 valence electrons. The highest BCUT2D eigenvalue weighted by Crippen LogP contribution is 2.07. The van der Waals surface area contributed by atoms with Crippen molar-refractivity contribution in [2.45, 2.75) is 39.3 Å². The Labute approximate surface area is 84.3 Å². The molecule has 14 heavy (non-hydrogen) atoms. The molecule has 0 aromatic carbocycles. The van der Waals surface area contributed by atoms with E-state index in [0.29, 0.717) is 11.9 Å². The Kier molecular flexibility index (Phi) is 4.34. The van der Waals surface area contributed by atoms with Gasteiger partial charge in [-0.1, -0.05) is 12.2 Å². The zero-order valence-corrected chi connectivity index (χ0v) is 9.09. The third-order valence-electron chi connectivity index (χ3n) is 1.34. The van der Waals surface area contributed by atoms with Crippen LogP contribution < -0.4 is 5.32 Å². The van der Waals surface area contributed by atoms with Crippen molar-refractivity contribution in [3.63, 3.8) is 0 Å². The largest absolute Gasteiger partial charge is 0.444 e. The lowest BCUT2D eigenvalue weighted by atomic mass is 10.2. The van der Waals surface area contributed by atoms with E-state index in [0.717, 1.165) is 0 Å². The molecule has 0 aliphatic carbocycles. The van der Waals surface area contributed by atoms with Crippen molar-refractivity contribution in [2.75, 3.05) is 0 Å². The zero-order valence-electron chi connectivity index (χ0n) is 9.09. The molecule has 0 saturated carbocycles. The first-order valence-corrected chi connectivity index (χ1v) is 4.36. The van der Waals surface area contributed by atoms with Crippen LogP contribution in [-0.2, 0) is 9.53 Å². The Morgan fingerprint density at radius 3 is 2.29 bits per heavy atom. The number of nitrogens with one attached hydrogen (secondary N) is 1. The molecular weight excluding hydrogens is 182 g/mol. The van der Waals surface area contributed by atoms with Crippen molar-refractivity contribution in [1.82, 2.24) is 5.32 Å². The van der Waals surface area contributed by atoms with Gasteiger partial charge in [-0.3, -0.25) is 0 Å². The summed E-state index contributed by atoms with van der Waals surface area (Å²) in [5, 5.41) is 2.39. The van der Waals surface area contributed by atoms with Crippen LogP contribution in [0.4, 0.5) is 4.79 Å². The van der Waals surface area contributed by atoms with Crippen LogP contribution in [0, 0.1) is 0 Å². The Balaban J connectivity index is 4.18. The summed E-state index contributed by atoms with van der Waals surface area (Å²) >= 11 is 0. The Morgan fingerprint density at radius 1 is 1.50 bits per heavy atom. The molecule has 0 aromatic heterocycles. The van der Waals surface area contributed by atoms with E-state index in [9.17, 15) is 9.59 Å². The van der Waals surface area contributed by atoms with Crippen LogP contribution in [0.25, 0.3) is 0 Å². The van der Waals surface area contributed by atoms with E-state index in [1.54, 1.807) is 27.7 Å². The second-order valence-electron chi connectivity index (χ2n) is 4.11. The van der Waals surface area contributed by atoms with Crippen molar-refractivity contribution < 1.29 is 14.3 Å². The van der Waals surface area contributed by atoms with Crippen LogP contribution in [0.2, 0.25) is 0 Å². The summed E-state index contributed by atoms with van der Waals surface area (Å²) in [4.78, 5) is 21.7. The first kappa shape index (κ1) is 12.7. The molecule has 0 radical (unpaired) electrons. The third kappa shape index (κ3) is 5.35. The monoisotopic (exact) mass is 199 g/mol. The van der Waals surface area contributed by atoms with Gasteiger partial charge in [-0.25, -0.2) is 4.79 Å². The van der Waals surface area contributed by atoms with Gasteiger partial charge < -0.3 is 14.8 Å². The summed E-state index contributed by atoms with van der Waals surface area (Å²) in [7, 11) is 0. The minimum Gasteiger partial charge on any atom is -0.444 e. The summed E-state index contributed by atoms with van der Waals surface area (Å²) in [6.07, 6.45) is 0.00398. The van der Waals surface area contributed by atoms with Gasteiger partial charge >= 0.3 is 6.09 Å². The van der Waals surface area contributed by atoms with Gasteiger partial charge in [0.25, 0.3) is 0 Å². The Hall–Kier alpha value is -1.32. The maximum Gasteiger partial charge on any atom is 0.408 e. The number of hydrogen-bond acceptors (Lipinski definition) is 3. The van der Waals surface area contributed by atoms with Crippen molar-refractivity contribution >= 4 is 12.4 Å². The fraction of sp³-hybridized carbons (Fsp3) is 0.600. The first-order valence-electron chi connectivity index (χ1n) is 4.36. The molecule has 0 aliphatic heterocycles. The van der Waals surface area contributed by atoms with Gasteiger partial charge in [-0.05, 0) is 27.7 Å². The normalized spacial score (nSPS) is 12.9. The summed E-state index contributed by atoms with van der Waals surface area (Å²) in [5.74, 6) is 0. The molecule has 1 N–H and O–H groups in total. The quantitative estimate of drug-likeness (QED) is 0.555. The minimum absolute atomic E-state index is 0.563. The minimum atomic E-state index is -0.676. The van der Waals surface area contributed by atoms with Gasteiger partial charge in [0.1, 0.15) is 17.9 Å². The third-order valence-corrected chi connectivity index (χ3v) is 1.34. The molecule has 0 aliphatic rings. The van der Waals surface area contributed by atoms with E-state index in [-0.39, 0.29) is 0 Å². The van der Waals surface area contributed by atoms with E-state index in [2.05, 4.69) is 11.9 Å². The van der Waals surface area contributed by atoms with Gasteiger partial charge in [-0.2, -0.15) is 0 Å². The molecule has 4 nitrogen and oxygen atoms in total. The van der Waals surface area contributed by atoms with Crippen LogP contribution >= 0.6 is 0 Å². The van der Waals surface area contributed by atoms with Gasteiger partial charge in [0.15, 0.2) is 0 Å². The number of ether oxygens (including phenoxy) is 1. The molecule has 0 bridgehead atoms. The number of alkyl carbamates (subject to hydrolysis) is 1. The van der Waals surface area contributed by atoms with Crippen molar-refractivity contribution in [2.24, 2.45) is 0 Å². The topological polar surface area (TPSA) is 55.4 Å². The van der Waals surface area contributed by atoms with Gasteiger partial charge in [0.2, 0.25) is 0 Å². The smallest absolute Gasteiger partial charge is 0.408 e. The number of hydrogen-bond donors (Lipinski definition) is 1. The highest BCUT2D eigenvalue weighted by molar-refractivity contribution is 5.75. The fourth-order valence-corrected chi connectivity index (χ4v) is 0.708.